The van der Waals surface area contributed by atoms with Crippen LogP contribution < -0.4 is 10.6 Å². The van der Waals surface area contributed by atoms with Crippen LogP contribution >= 0.6 is 11.8 Å². The van der Waals surface area contributed by atoms with Crippen molar-refractivity contribution in [1.29, 1.82) is 0 Å². The van der Waals surface area contributed by atoms with Crippen molar-refractivity contribution in [2.75, 3.05) is 18.8 Å². The van der Waals surface area contributed by atoms with Crippen molar-refractivity contribution in [3.63, 3.8) is 0 Å². The van der Waals surface area contributed by atoms with Crippen molar-refractivity contribution in [2.45, 2.75) is 30.7 Å². The number of hydrogen-bond acceptors (Lipinski definition) is 3. The molecular formula is C15H19FN2OS. The van der Waals surface area contributed by atoms with Gasteiger partial charge in [-0.25, -0.2) is 4.39 Å². The molecule has 0 spiro atoms. The zero-order chi connectivity index (χ0) is 14.2. The zero-order valence-corrected chi connectivity index (χ0v) is 12.4. The summed E-state index contributed by atoms with van der Waals surface area (Å²) in [4.78, 5) is 13.6. The Morgan fingerprint density at radius 1 is 1.55 bits per heavy atom. The predicted molar refractivity (Wildman–Crippen MR) is 78.2 cm³/mol. The standard InChI is InChI=1S/C15H19FN2OS/c1-15(5-6-17-9-15)14(19)18-12-4-7-20-13-3-2-10(16)8-11(12)13/h2-3,8,12,17H,4-7,9H2,1H3,(H,18,19). The van der Waals surface area contributed by atoms with Crippen molar-refractivity contribution in [3.8, 4) is 0 Å². The van der Waals surface area contributed by atoms with Gasteiger partial charge in [0.05, 0.1) is 11.5 Å². The molecule has 0 radical (unpaired) electrons. The van der Waals surface area contributed by atoms with E-state index in [-0.39, 0.29) is 23.2 Å². The Balaban J connectivity index is 1.79. The maximum Gasteiger partial charge on any atom is 0.227 e. The van der Waals surface area contributed by atoms with Crippen LogP contribution in [0.1, 0.15) is 31.4 Å². The van der Waals surface area contributed by atoms with E-state index < -0.39 is 0 Å². The van der Waals surface area contributed by atoms with Gasteiger partial charge in [0.2, 0.25) is 5.91 Å². The van der Waals surface area contributed by atoms with Gasteiger partial charge in [-0.1, -0.05) is 0 Å². The van der Waals surface area contributed by atoms with Gasteiger partial charge in [0.15, 0.2) is 0 Å². The lowest BCUT2D eigenvalue weighted by molar-refractivity contribution is -0.130. The lowest BCUT2D eigenvalue weighted by atomic mass is 9.88. The van der Waals surface area contributed by atoms with E-state index in [1.807, 2.05) is 13.0 Å². The van der Waals surface area contributed by atoms with Gasteiger partial charge in [-0.15, -0.1) is 11.8 Å². The van der Waals surface area contributed by atoms with Crippen LogP contribution in [-0.4, -0.2) is 24.7 Å². The van der Waals surface area contributed by atoms with Crippen LogP contribution in [0.15, 0.2) is 23.1 Å². The number of carbonyl (C=O) groups is 1. The number of carbonyl (C=O) groups excluding carboxylic acids is 1. The highest BCUT2D eigenvalue weighted by Crippen LogP contribution is 2.37. The number of amides is 1. The van der Waals surface area contributed by atoms with E-state index in [0.29, 0.717) is 0 Å². The summed E-state index contributed by atoms with van der Waals surface area (Å²) < 4.78 is 13.4. The molecule has 20 heavy (non-hydrogen) atoms. The number of fused-ring (bicyclic) bond motifs is 1. The molecule has 2 aliphatic heterocycles. The summed E-state index contributed by atoms with van der Waals surface area (Å²) in [6.45, 7) is 3.60. The van der Waals surface area contributed by atoms with Crippen LogP contribution in [0, 0.1) is 11.2 Å². The first-order valence-electron chi connectivity index (χ1n) is 7.02. The summed E-state index contributed by atoms with van der Waals surface area (Å²) in [5.41, 5.74) is 0.585. The highest BCUT2D eigenvalue weighted by molar-refractivity contribution is 7.99. The van der Waals surface area contributed by atoms with Gasteiger partial charge in [0, 0.05) is 17.2 Å². The van der Waals surface area contributed by atoms with Gasteiger partial charge in [0.25, 0.3) is 0 Å². The third-order valence-electron chi connectivity index (χ3n) is 4.23. The monoisotopic (exact) mass is 294 g/mol. The number of benzene rings is 1. The Morgan fingerprint density at radius 2 is 2.40 bits per heavy atom. The third-order valence-corrected chi connectivity index (χ3v) is 5.36. The van der Waals surface area contributed by atoms with Crippen LogP contribution in [0.25, 0.3) is 0 Å². The van der Waals surface area contributed by atoms with Crippen LogP contribution in [0.5, 0.6) is 0 Å². The summed E-state index contributed by atoms with van der Waals surface area (Å²) in [7, 11) is 0. The van der Waals surface area contributed by atoms with Crippen LogP contribution in [0.3, 0.4) is 0 Å². The van der Waals surface area contributed by atoms with E-state index in [1.165, 1.54) is 6.07 Å². The highest BCUT2D eigenvalue weighted by atomic mass is 32.2. The second-order valence-electron chi connectivity index (χ2n) is 5.83. The summed E-state index contributed by atoms with van der Waals surface area (Å²) in [5.74, 6) is 0.798. The van der Waals surface area contributed by atoms with Crippen molar-refractivity contribution < 1.29 is 9.18 Å². The minimum absolute atomic E-state index is 0.0631. The van der Waals surface area contributed by atoms with Gasteiger partial charge in [0.1, 0.15) is 5.82 Å². The summed E-state index contributed by atoms with van der Waals surface area (Å²) >= 11 is 1.73. The molecule has 108 valence electrons. The molecule has 2 atom stereocenters. The molecule has 2 N–H and O–H groups in total. The molecular weight excluding hydrogens is 275 g/mol. The molecule has 1 aromatic carbocycles. The minimum atomic E-state index is -0.335. The number of thioether (sulfide) groups is 1. The lowest BCUT2D eigenvalue weighted by Gasteiger charge is -2.30. The second kappa shape index (κ2) is 5.37. The summed E-state index contributed by atoms with van der Waals surface area (Å²) in [5, 5.41) is 6.36. The number of rotatable bonds is 2. The molecule has 0 bridgehead atoms. The number of hydrogen-bond donors (Lipinski definition) is 2. The van der Waals surface area contributed by atoms with E-state index in [4.69, 9.17) is 0 Å². The van der Waals surface area contributed by atoms with E-state index >= 15 is 0 Å². The van der Waals surface area contributed by atoms with Crippen molar-refractivity contribution >= 4 is 17.7 Å². The van der Waals surface area contributed by atoms with E-state index in [0.717, 1.165) is 42.1 Å². The average Bonchev–Trinajstić information content (AvgIpc) is 2.88. The third kappa shape index (κ3) is 2.56. The van der Waals surface area contributed by atoms with Crippen molar-refractivity contribution in [3.05, 3.63) is 29.6 Å². The Labute approximate surface area is 122 Å². The summed E-state index contributed by atoms with van der Waals surface area (Å²) in [6.07, 6.45) is 1.71. The fourth-order valence-corrected chi connectivity index (χ4v) is 3.96. The smallest absolute Gasteiger partial charge is 0.227 e. The van der Waals surface area contributed by atoms with Crippen molar-refractivity contribution in [1.82, 2.24) is 10.6 Å². The first-order chi connectivity index (χ1) is 9.58. The molecule has 1 fully saturated rings. The minimum Gasteiger partial charge on any atom is -0.349 e. The van der Waals surface area contributed by atoms with E-state index in [1.54, 1.807) is 17.8 Å². The van der Waals surface area contributed by atoms with Crippen LogP contribution in [-0.2, 0) is 4.79 Å². The maximum absolute atomic E-state index is 13.4. The van der Waals surface area contributed by atoms with E-state index in [2.05, 4.69) is 10.6 Å². The molecule has 3 rings (SSSR count). The Bertz CT molecular complexity index is 529. The summed E-state index contributed by atoms with van der Waals surface area (Å²) in [6, 6.07) is 4.79. The molecule has 1 saturated heterocycles. The Morgan fingerprint density at radius 3 is 3.15 bits per heavy atom. The molecule has 2 unspecified atom stereocenters. The topological polar surface area (TPSA) is 41.1 Å². The highest BCUT2D eigenvalue weighted by Gasteiger charge is 2.37. The Hall–Kier alpha value is -1.07. The molecule has 5 heteroatoms. The molecule has 1 amide bonds. The van der Waals surface area contributed by atoms with Gasteiger partial charge < -0.3 is 10.6 Å². The quantitative estimate of drug-likeness (QED) is 0.880. The predicted octanol–water partition coefficient (Wildman–Crippen LogP) is 2.48. The normalized spacial score (nSPS) is 29.0. The molecule has 0 aromatic heterocycles. The average molecular weight is 294 g/mol. The fourth-order valence-electron chi connectivity index (χ4n) is 2.86. The molecule has 3 nitrogen and oxygen atoms in total. The maximum atomic E-state index is 13.4. The molecule has 0 saturated carbocycles. The second-order valence-corrected chi connectivity index (χ2v) is 6.97. The first kappa shape index (κ1) is 13.9. The molecule has 0 aliphatic carbocycles. The van der Waals surface area contributed by atoms with Crippen molar-refractivity contribution in [2.24, 2.45) is 5.41 Å². The number of nitrogens with one attached hydrogen (secondary N) is 2. The van der Waals surface area contributed by atoms with E-state index in [9.17, 15) is 9.18 Å². The first-order valence-corrected chi connectivity index (χ1v) is 8.01. The van der Waals surface area contributed by atoms with Gasteiger partial charge in [-0.3, -0.25) is 4.79 Å². The largest absolute Gasteiger partial charge is 0.349 e. The molecule has 1 aromatic rings. The lowest BCUT2D eigenvalue weighted by Crippen LogP contribution is -2.42. The SMILES string of the molecule is CC1(C(=O)NC2CCSc3ccc(F)cc32)CCNC1. The van der Waals surface area contributed by atoms with Gasteiger partial charge in [-0.2, -0.15) is 0 Å². The van der Waals surface area contributed by atoms with Gasteiger partial charge >= 0.3 is 0 Å². The fraction of sp³-hybridized carbons (Fsp3) is 0.533. The van der Waals surface area contributed by atoms with Crippen LogP contribution in [0.4, 0.5) is 4.39 Å². The molecule has 2 aliphatic rings. The van der Waals surface area contributed by atoms with Crippen LogP contribution in [0.2, 0.25) is 0 Å². The zero-order valence-electron chi connectivity index (χ0n) is 11.5. The number of halogens is 1. The van der Waals surface area contributed by atoms with Gasteiger partial charge in [-0.05, 0) is 50.1 Å². The molecule has 2 heterocycles. The Kier molecular flexibility index (Phi) is 3.73.